The van der Waals surface area contributed by atoms with Crippen LogP contribution in [0, 0.1) is 17.8 Å². The molecule has 0 radical (unpaired) electrons. The van der Waals surface area contributed by atoms with Gasteiger partial charge in [-0.1, -0.05) is 63.7 Å². The van der Waals surface area contributed by atoms with Crippen LogP contribution in [-0.4, -0.2) is 6.61 Å². The Morgan fingerprint density at radius 2 is 1.38 bits per heavy atom. The molecular weight excluding hydrogens is 359 g/mol. The molecule has 0 bridgehead atoms. The van der Waals surface area contributed by atoms with Gasteiger partial charge in [-0.3, -0.25) is 0 Å². The lowest BCUT2D eigenvalue weighted by atomic mass is 9.74. The molecule has 2 saturated carbocycles. The topological polar surface area (TPSA) is 9.23 Å². The van der Waals surface area contributed by atoms with Crippen LogP contribution in [0.3, 0.4) is 0 Å². The highest BCUT2D eigenvalue weighted by atomic mass is 19.1. The Balaban J connectivity index is 1.31. The molecule has 0 saturated heterocycles. The van der Waals surface area contributed by atoms with Crippen molar-refractivity contribution in [1.82, 2.24) is 0 Å². The molecule has 3 rings (SSSR count). The summed E-state index contributed by atoms with van der Waals surface area (Å²) >= 11 is 0. The number of rotatable bonds is 10. The lowest BCUT2D eigenvalue weighted by Crippen LogP contribution is -2.17. The zero-order valence-electron chi connectivity index (χ0n) is 18.5. The Morgan fingerprint density at radius 1 is 0.828 bits per heavy atom. The summed E-state index contributed by atoms with van der Waals surface area (Å²) in [5, 5.41) is 0. The molecule has 0 unspecified atom stereocenters. The van der Waals surface area contributed by atoms with Crippen LogP contribution in [0.15, 0.2) is 36.7 Å². The molecule has 0 N–H and O–H groups in total. The summed E-state index contributed by atoms with van der Waals surface area (Å²) in [4.78, 5) is 0. The van der Waals surface area contributed by atoms with E-state index in [-0.39, 0.29) is 0 Å². The van der Waals surface area contributed by atoms with Crippen molar-refractivity contribution in [3.8, 4) is 5.75 Å². The van der Waals surface area contributed by atoms with Gasteiger partial charge in [0.25, 0.3) is 0 Å². The van der Waals surface area contributed by atoms with Gasteiger partial charge in [0.1, 0.15) is 5.75 Å². The van der Waals surface area contributed by atoms with Gasteiger partial charge in [-0.2, -0.15) is 0 Å². The summed E-state index contributed by atoms with van der Waals surface area (Å²) in [6.45, 7) is 2.95. The number of halogens is 1. The van der Waals surface area contributed by atoms with Gasteiger partial charge in [0.15, 0.2) is 0 Å². The van der Waals surface area contributed by atoms with Gasteiger partial charge in [-0.25, -0.2) is 4.39 Å². The third-order valence-electron chi connectivity index (χ3n) is 7.45. The molecule has 0 atom stereocenters. The van der Waals surface area contributed by atoms with Crippen LogP contribution in [0.25, 0.3) is 0 Å². The number of allylic oxidation sites excluding steroid dienone is 1. The van der Waals surface area contributed by atoms with Crippen LogP contribution < -0.4 is 4.74 Å². The van der Waals surface area contributed by atoms with E-state index in [4.69, 9.17) is 4.74 Å². The first-order chi connectivity index (χ1) is 14.3. The minimum absolute atomic E-state index is 0.706. The minimum atomic E-state index is 0.706. The zero-order valence-corrected chi connectivity index (χ0v) is 18.5. The molecule has 2 fully saturated rings. The summed E-state index contributed by atoms with van der Waals surface area (Å²) in [7, 11) is 0. The summed E-state index contributed by atoms with van der Waals surface area (Å²) in [5.74, 6) is 4.51. The SMILES string of the molecule is CCCOc1ccc([C@H]2CC[C@H](CC[C@H]3CC[C@H](CC/C=C/F)CC3)CC2)cc1. The second kappa shape index (κ2) is 12.4. The average molecular weight is 401 g/mol. The molecule has 2 heteroatoms. The Kier molecular flexibility index (Phi) is 9.57. The molecule has 2 aliphatic rings. The fraction of sp³-hybridized carbons (Fsp3) is 0.704. The van der Waals surface area contributed by atoms with Crippen molar-refractivity contribution in [3.05, 3.63) is 42.2 Å². The molecule has 1 aromatic rings. The molecule has 1 nitrogen and oxygen atoms in total. The number of benzene rings is 1. The maximum absolute atomic E-state index is 12.1. The molecule has 1 aromatic carbocycles. The molecule has 0 aromatic heterocycles. The Labute approximate surface area is 178 Å². The van der Waals surface area contributed by atoms with Gasteiger partial charge >= 0.3 is 0 Å². The van der Waals surface area contributed by atoms with E-state index in [2.05, 4.69) is 31.2 Å². The van der Waals surface area contributed by atoms with Crippen LogP contribution in [0.4, 0.5) is 4.39 Å². The Hall–Kier alpha value is -1.31. The lowest BCUT2D eigenvalue weighted by Gasteiger charge is -2.32. The predicted octanol–water partition coefficient (Wildman–Crippen LogP) is 8.60. The van der Waals surface area contributed by atoms with Crippen molar-refractivity contribution >= 4 is 0 Å². The highest BCUT2D eigenvalue weighted by molar-refractivity contribution is 5.29. The first-order valence-electron chi connectivity index (χ1n) is 12.3. The van der Waals surface area contributed by atoms with Gasteiger partial charge in [-0.15, -0.1) is 0 Å². The van der Waals surface area contributed by atoms with Crippen LogP contribution in [0.2, 0.25) is 0 Å². The fourth-order valence-electron chi connectivity index (χ4n) is 5.52. The minimum Gasteiger partial charge on any atom is -0.494 e. The van der Waals surface area contributed by atoms with E-state index < -0.39 is 0 Å². The molecule has 162 valence electrons. The van der Waals surface area contributed by atoms with E-state index >= 15 is 0 Å². The number of ether oxygens (including phenoxy) is 1. The zero-order chi connectivity index (χ0) is 20.3. The number of hydrogen-bond donors (Lipinski definition) is 0. The number of hydrogen-bond acceptors (Lipinski definition) is 1. The average Bonchev–Trinajstić information content (AvgIpc) is 2.78. The highest BCUT2D eigenvalue weighted by Gasteiger charge is 2.25. The normalized spacial score (nSPS) is 27.9. The van der Waals surface area contributed by atoms with E-state index in [0.29, 0.717) is 6.33 Å². The van der Waals surface area contributed by atoms with Crippen molar-refractivity contribution in [2.45, 2.75) is 96.3 Å². The van der Waals surface area contributed by atoms with Gasteiger partial charge in [0, 0.05) is 0 Å². The molecular formula is C27H41FO. The largest absolute Gasteiger partial charge is 0.494 e. The maximum atomic E-state index is 12.1. The molecule has 29 heavy (non-hydrogen) atoms. The predicted molar refractivity (Wildman–Crippen MR) is 121 cm³/mol. The van der Waals surface area contributed by atoms with Crippen molar-refractivity contribution < 1.29 is 9.13 Å². The van der Waals surface area contributed by atoms with E-state index in [1.165, 1.54) is 76.2 Å². The van der Waals surface area contributed by atoms with Crippen molar-refractivity contribution in [3.63, 3.8) is 0 Å². The van der Waals surface area contributed by atoms with Gasteiger partial charge in [0.2, 0.25) is 0 Å². The van der Waals surface area contributed by atoms with Crippen LogP contribution in [0.1, 0.15) is 102 Å². The molecule has 0 aliphatic heterocycles. The van der Waals surface area contributed by atoms with E-state index in [9.17, 15) is 4.39 Å². The maximum Gasteiger partial charge on any atom is 0.119 e. The molecule has 0 spiro atoms. The van der Waals surface area contributed by atoms with Crippen LogP contribution in [-0.2, 0) is 0 Å². The summed E-state index contributed by atoms with van der Waals surface area (Å²) < 4.78 is 17.8. The van der Waals surface area contributed by atoms with Crippen LogP contribution >= 0.6 is 0 Å². The lowest BCUT2D eigenvalue weighted by molar-refractivity contribution is 0.225. The second-order valence-corrected chi connectivity index (χ2v) is 9.54. The third kappa shape index (κ3) is 7.46. The summed E-state index contributed by atoms with van der Waals surface area (Å²) in [6, 6.07) is 8.89. The van der Waals surface area contributed by atoms with Crippen molar-refractivity contribution in [1.29, 1.82) is 0 Å². The Morgan fingerprint density at radius 3 is 1.93 bits per heavy atom. The van der Waals surface area contributed by atoms with Gasteiger partial charge in [0.05, 0.1) is 12.9 Å². The van der Waals surface area contributed by atoms with Crippen LogP contribution in [0.5, 0.6) is 5.75 Å². The quantitative estimate of drug-likeness (QED) is 0.382. The molecule has 2 aliphatic carbocycles. The monoisotopic (exact) mass is 400 g/mol. The van der Waals surface area contributed by atoms with Gasteiger partial charge < -0.3 is 4.74 Å². The second-order valence-electron chi connectivity index (χ2n) is 9.54. The Bertz CT molecular complexity index is 577. The van der Waals surface area contributed by atoms with Gasteiger partial charge in [-0.05, 0) is 86.3 Å². The van der Waals surface area contributed by atoms with Crippen molar-refractivity contribution in [2.75, 3.05) is 6.61 Å². The highest BCUT2D eigenvalue weighted by Crippen LogP contribution is 2.40. The fourth-order valence-corrected chi connectivity index (χ4v) is 5.52. The van der Waals surface area contributed by atoms with Crippen molar-refractivity contribution in [2.24, 2.45) is 17.8 Å². The van der Waals surface area contributed by atoms with E-state index in [0.717, 1.165) is 48.9 Å². The standard InChI is InChI=1S/C27H41FO/c1-2-21-29-27-18-16-26(17-19-27)25-14-12-24(13-15-25)11-10-23-8-6-22(7-9-23)5-3-4-20-28/h4,16-20,22-25H,2-3,5-15,21H2,1H3/b20-4+/t22-,23-,24-,25-. The smallest absolute Gasteiger partial charge is 0.119 e. The molecule has 0 heterocycles. The van der Waals surface area contributed by atoms with E-state index in [1.54, 1.807) is 6.08 Å². The summed E-state index contributed by atoms with van der Waals surface area (Å²) in [5.41, 5.74) is 1.51. The van der Waals surface area contributed by atoms with E-state index in [1.807, 2.05) is 0 Å². The molecule has 0 amide bonds. The summed E-state index contributed by atoms with van der Waals surface area (Å²) in [6.07, 6.45) is 19.5. The first-order valence-corrected chi connectivity index (χ1v) is 12.3. The first kappa shape index (κ1) is 22.4. The third-order valence-corrected chi connectivity index (χ3v) is 7.45.